The summed E-state index contributed by atoms with van der Waals surface area (Å²) in [7, 11) is 3.68. The molecule has 0 bridgehead atoms. The highest BCUT2D eigenvalue weighted by Gasteiger charge is 2.42. The second-order valence-corrected chi connectivity index (χ2v) is 6.36. The Balaban J connectivity index is 1.48. The van der Waals surface area contributed by atoms with Gasteiger partial charge in [0.15, 0.2) is 12.2 Å². The lowest BCUT2D eigenvalue weighted by Crippen LogP contribution is -2.29. The summed E-state index contributed by atoms with van der Waals surface area (Å²) in [5, 5.41) is 9.33. The molecule has 7 nitrogen and oxygen atoms in total. The summed E-state index contributed by atoms with van der Waals surface area (Å²) in [4.78, 5) is 0. The molecular weight excluding hydrogens is 322 g/mol. The molecule has 1 aromatic carbocycles. The Labute approximate surface area is 145 Å². The molecule has 1 atom stereocenters. The first-order valence-corrected chi connectivity index (χ1v) is 8.26. The zero-order valence-corrected chi connectivity index (χ0v) is 14.6. The fraction of sp³-hybridized carbons (Fsp3) is 0.444. The minimum absolute atomic E-state index is 0.213. The summed E-state index contributed by atoms with van der Waals surface area (Å²) < 4.78 is 24.7. The summed E-state index contributed by atoms with van der Waals surface area (Å²) in [5.41, 5.74) is 1.75. The fourth-order valence-corrected chi connectivity index (χ4v) is 3.16. The smallest absolute Gasteiger partial charge is 0.254 e. The summed E-state index contributed by atoms with van der Waals surface area (Å²) in [5.74, 6) is 1.63. The predicted octanol–water partition coefficient (Wildman–Crippen LogP) is 2.71. The third kappa shape index (κ3) is 2.79. The molecule has 7 heteroatoms. The zero-order valence-electron chi connectivity index (χ0n) is 14.6. The maximum absolute atomic E-state index is 5.81. The number of benzene rings is 1. The Hall–Kier alpha value is -2.38. The van der Waals surface area contributed by atoms with Crippen molar-refractivity contribution in [2.24, 2.45) is 7.05 Å². The average molecular weight is 343 g/mol. The Kier molecular flexibility index (Phi) is 3.97. The van der Waals surface area contributed by atoms with Gasteiger partial charge in [-0.2, -0.15) is 0 Å². The van der Waals surface area contributed by atoms with E-state index in [1.54, 1.807) is 7.11 Å². The standard InChI is InChI=1S/C18H21N3O4/c1-12-8-13-9-14(4-5-15(13)21(12)2)24-10-16-19-20-17(25-16)18(22-3)6-7-23-11-18/h4-5,8-9H,6-7,10-11H2,1-3H3. The molecule has 3 aromatic rings. The molecule has 3 heterocycles. The fourth-order valence-electron chi connectivity index (χ4n) is 3.16. The first-order chi connectivity index (χ1) is 12.1. The van der Waals surface area contributed by atoms with Gasteiger partial charge in [0.05, 0.1) is 13.2 Å². The second-order valence-electron chi connectivity index (χ2n) is 6.36. The monoisotopic (exact) mass is 343 g/mol. The van der Waals surface area contributed by atoms with E-state index in [0.29, 0.717) is 31.4 Å². The van der Waals surface area contributed by atoms with Gasteiger partial charge in [0, 0.05) is 37.2 Å². The maximum Gasteiger partial charge on any atom is 0.254 e. The van der Waals surface area contributed by atoms with Crippen molar-refractivity contribution in [3.8, 4) is 5.75 Å². The van der Waals surface area contributed by atoms with Crippen molar-refractivity contribution in [1.82, 2.24) is 14.8 Å². The van der Waals surface area contributed by atoms with Crippen molar-refractivity contribution in [1.29, 1.82) is 0 Å². The van der Waals surface area contributed by atoms with Crippen LogP contribution in [0.1, 0.15) is 23.9 Å². The van der Waals surface area contributed by atoms with E-state index in [2.05, 4.69) is 34.8 Å². The Morgan fingerprint density at radius 2 is 2.16 bits per heavy atom. The van der Waals surface area contributed by atoms with E-state index < -0.39 is 5.60 Å². The lowest BCUT2D eigenvalue weighted by Gasteiger charge is -2.20. The van der Waals surface area contributed by atoms with E-state index in [9.17, 15) is 0 Å². The lowest BCUT2D eigenvalue weighted by atomic mass is 10.0. The van der Waals surface area contributed by atoms with Crippen LogP contribution in [0, 0.1) is 6.92 Å². The predicted molar refractivity (Wildman–Crippen MR) is 90.4 cm³/mol. The molecule has 25 heavy (non-hydrogen) atoms. The maximum atomic E-state index is 5.81. The van der Waals surface area contributed by atoms with Crippen LogP contribution in [0.5, 0.6) is 5.75 Å². The van der Waals surface area contributed by atoms with E-state index in [0.717, 1.165) is 11.1 Å². The van der Waals surface area contributed by atoms with Gasteiger partial charge in [0.25, 0.3) is 11.8 Å². The Morgan fingerprint density at radius 3 is 2.92 bits per heavy atom. The first-order valence-electron chi connectivity index (χ1n) is 8.26. The van der Waals surface area contributed by atoms with E-state index in [4.69, 9.17) is 18.6 Å². The van der Waals surface area contributed by atoms with Crippen LogP contribution in [-0.2, 0) is 28.7 Å². The third-order valence-electron chi connectivity index (χ3n) is 4.85. The van der Waals surface area contributed by atoms with Crippen LogP contribution in [0.3, 0.4) is 0 Å². The van der Waals surface area contributed by atoms with Gasteiger partial charge in [-0.05, 0) is 31.2 Å². The zero-order chi connectivity index (χ0) is 17.4. The molecule has 0 saturated carbocycles. The second kappa shape index (κ2) is 6.16. The number of methoxy groups -OCH3 is 1. The number of fused-ring (bicyclic) bond motifs is 1. The van der Waals surface area contributed by atoms with Crippen molar-refractivity contribution < 1.29 is 18.6 Å². The highest BCUT2D eigenvalue weighted by molar-refractivity contribution is 5.82. The molecule has 4 rings (SSSR count). The molecule has 0 N–H and O–H groups in total. The molecule has 1 aliphatic heterocycles. The van der Waals surface area contributed by atoms with Crippen molar-refractivity contribution in [2.45, 2.75) is 25.6 Å². The van der Waals surface area contributed by atoms with Gasteiger partial charge in [0.2, 0.25) is 0 Å². The van der Waals surface area contributed by atoms with Crippen LogP contribution in [0.2, 0.25) is 0 Å². The van der Waals surface area contributed by atoms with E-state index >= 15 is 0 Å². The van der Waals surface area contributed by atoms with Crippen molar-refractivity contribution in [3.05, 3.63) is 41.7 Å². The molecule has 1 unspecified atom stereocenters. The van der Waals surface area contributed by atoms with Crippen LogP contribution in [0.25, 0.3) is 10.9 Å². The lowest BCUT2D eigenvalue weighted by molar-refractivity contribution is -0.0420. The largest absolute Gasteiger partial charge is 0.484 e. The number of rotatable bonds is 5. The van der Waals surface area contributed by atoms with Gasteiger partial charge in [0.1, 0.15) is 5.75 Å². The molecule has 132 valence electrons. The molecule has 1 aliphatic rings. The van der Waals surface area contributed by atoms with E-state index in [1.807, 2.05) is 18.2 Å². The average Bonchev–Trinajstić information content (AvgIpc) is 3.34. The van der Waals surface area contributed by atoms with E-state index in [-0.39, 0.29) is 6.61 Å². The first kappa shape index (κ1) is 16.1. The van der Waals surface area contributed by atoms with Gasteiger partial charge >= 0.3 is 0 Å². The third-order valence-corrected chi connectivity index (χ3v) is 4.85. The number of nitrogens with zero attached hydrogens (tertiary/aromatic N) is 3. The molecule has 0 spiro atoms. The number of hydrogen-bond donors (Lipinski definition) is 0. The number of ether oxygens (including phenoxy) is 3. The molecule has 0 aliphatic carbocycles. The number of hydrogen-bond acceptors (Lipinski definition) is 6. The molecule has 0 amide bonds. The summed E-state index contributed by atoms with van der Waals surface area (Å²) in [6, 6.07) is 8.14. The van der Waals surface area contributed by atoms with Crippen molar-refractivity contribution >= 4 is 10.9 Å². The molecule has 2 aromatic heterocycles. The van der Waals surface area contributed by atoms with Gasteiger partial charge < -0.3 is 23.2 Å². The summed E-state index contributed by atoms with van der Waals surface area (Å²) >= 11 is 0. The van der Waals surface area contributed by atoms with Crippen LogP contribution >= 0.6 is 0 Å². The quantitative estimate of drug-likeness (QED) is 0.709. The number of aryl methyl sites for hydroxylation is 2. The van der Waals surface area contributed by atoms with Gasteiger partial charge in [-0.15, -0.1) is 10.2 Å². The van der Waals surface area contributed by atoms with Crippen LogP contribution in [-0.4, -0.2) is 35.1 Å². The van der Waals surface area contributed by atoms with Crippen LogP contribution in [0.15, 0.2) is 28.7 Å². The van der Waals surface area contributed by atoms with Gasteiger partial charge in [-0.25, -0.2) is 0 Å². The Bertz CT molecular complexity index is 893. The molecular formula is C18H21N3O4. The molecule has 1 fully saturated rings. The number of aromatic nitrogens is 3. The van der Waals surface area contributed by atoms with Crippen molar-refractivity contribution in [2.75, 3.05) is 20.3 Å². The minimum atomic E-state index is -0.633. The summed E-state index contributed by atoms with van der Waals surface area (Å²) in [6.07, 6.45) is 0.704. The minimum Gasteiger partial charge on any atom is -0.484 e. The van der Waals surface area contributed by atoms with Gasteiger partial charge in [-0.1, -0.05) is 0 Å². The Morgan fingerprint density at radius 1 is 1.28 bits per heavy atom. The highest BCUT2D eigenvalue weighted by atomic mass is 16.6. The molecule has 0 radical (unpaired) electrons. The van der Waals surface area contributed by atoms with Crippen LogP contribution < -0.4 is 4.74 Å². The van der Waals surface area contributed by atoms with Crippen LogP contribution in [0.4, 0.5) is 0 Å². The normalized spacial score (nSPS) is 20.4. The van der Waals surface area contributed by atoms with Gasteiger partial charge in [-0.3, -0.25) is 0 Å². The SMILES string of the molecule is COC1(c2nnc(COc3ccc4c(c3)cc(C)n4C)o2)CCOC1. The molecule has 1 saturated heterocycles. The van der Waals surface area contributed by atoms with E-state index in [1.165, 1.54) is 11.2 Å². The van der Waals surface area contributed by atoms with Crippen molar-refractivity contribution in [3.63, 3.8) is 0 Å². The topological polar surface area (TPSA) is 71.5 Å². The highest BCUT2D eigenvalue weighted by Crippen LogP contribution is 2.33. The summed E-state index contributed by atoms with van der Waals surface area (Å²) in [6.45, 7) is 3.35.